The minimum Gasteiger partial charge on any atom is -0.444 e. The summed E-state index contributed by atoms with van der Waals surface area (Å²) in [6.07, 6.45) is 2.67. The highest BCUT2D eigenvalue weighted by Gasteiger charge is 2.15. The molecule has 0 aromatic carbocycles. The molecule has 0 fully saturated rings. The number of aliphatic imine (C=N–C) groups is 2. The largest absolute Gasteiger partial charge is 0.444 e. The van der Waals surface area contributed by atoms with Crippen molar-refractivity contribution in [2.24, 2.45) is 9.98 Å². The third-order valence-electron chi connectivity index (χ3n) is 1.39. The maximum atomic E-state index is 11.3. The Balaban J connectivity index is 4.13. The average Bonchev–Trinajstić information content (AvgIpc) is 2.15. The molecule has 0 saturated carbocycles. The van der Waals surface area contributed by atoms with Crippen molar-refractivity contribution in [2.45, 2.75) is 33.3 Å². The maximum Gasteiger partial charge on any atom is 0.407 e. The van der Waals surface area contributed by atoms with Crippen molar-refractivity contribution in [1.82, 2.24) is 5.32 Å². The number of ether oxygens (including phenoxy) is 1. The second-order valence-electron chi connectivity index (χ2n) is 4.04. The average molecular weight is 225 g/mol. The van der Waals surface area contributed by atoms with Crippen molar-refractivity contribution in [3.63, 3.8) is 0 Å². The minimum absolute atomic E-state index is 0.246. The molecular formula is C11H19N3O2. The van der Waals surface area contributed by atoms with Crippen LogP contribution in [-0.2, 0) is 4.74 Å². The molecule has 0 rings (SSSR count). The maximum absolute atomic E-state index is 11.3. The molecule has 0 radical (unpaired) electrons. The lowest BCUT2D eigenvalue weighted by Crippen LogP contribution is -2.33. The van der Waals surface area contributed by atoms with E-state index in [0.717, 1.165) is 0 Å². The fourth-order valence-corrected chi connectivity index (χ4v) is 0.780. The van der Waals surface area contributed by atoms with Crippen LogP contribution in [0.1, 0.15) is 27.7 Å². The predicted octanol–water partition coefficient (Wildman–Crippen LogP) is 2.14. The van der Waals surface area contributed by atoms with Gasteiger partial charge in [0.25, 0.3) is 0 Å². The first-order chi connectivity index (χ1) is 7.39. The summed E-state index contributed by atoms with van der Waals surface area (Å²) in [5.41, 5.74) is 0.0703. The van der Waals surface area contributed by atoms with Gasteiger partial charge < -0.3 is 10.1 Å². The molecule has 0 aromatic heterocycles. The van der Waals surface area contributed by atoms with Gasteiger partial charge in [0.2, 0.25) is 0 Å². The number of amides is 1. The first kappa shape index (κ1) is 14.3. The molecular weight excluding hydrogens is 206 g/mol. The summed E-state index contributed by atoms with van der Waals surface area (Å²) < 4.78 is 5.06. The van der Waals surface area contributed by atoms with Gasteiger partial charge in [0.1, 0.15) is 5.60 Å². The van der Waals surface area contributed by atoms with Crippen LogP contribution in [0.15, 0.2) is 21.9 Å². The number of hydrogen-bond acceptors (Lipinski definition) is 4. The molecule has 0 spiro atoms. The van der Waals surface area contributed by atoms with Gasteiger partial charge >= 0.3 is 6.09 Å². The van der Waals surface area contributed by atoms with E-state index < -0.39 is 11.7 Å². The number of carbonyl (C=O) groups is 1. The van der Waals surface area contributed by atoms with Gasteiger partial charge in [-0.25, -0.2) is 4.79 Å². The van der Waals surface area contributed by atoms with E-state index in [0.29, 0.717) is 5.70 Å². The SMILES string of the molecule is C=N/C(=C\N=CC)CNC(=O)OC(C)(C)C. The van der Waals surface area contributed by atoms with Crippen LogP contribution in [0.25, 0.3) is 0 Å². The van der Waals surface area contributed by atoms with E-state index in [-0.39, 0.29) is 6.54 Å². The van der Waals surface area contributed by atoms with Gasteiger partial charge in [-0.1, -0.05) is 0 Å². The van der Waals surface area contributed by atoms with Crippen LogP contribution in [0.5, 0.6) is 0 Å². The number of hydrogen-bond donors (Lipinski definition) is 1. The van der Waals surface area contributed by atoms with E-state index in [1.807, 2.05) is 0 Å². The minimum atomic E-state index is -0.503. The van der Waals surface area contributed by atoms with E-state index in [4.69, 9.17) is 4.74 Å². The zero-order valence-electron chi connectivity index (χ0n) is 10.3. The Morgan fingerprint density at radius 3 is 2.56 bits per heavy atom. The topological polar surface area (TPSA) is 63.0 Å². The number of alkyl carbamates (subject to hydrolysis) is 1. The summed E-state index contributed by atoms with van der Waals surface area (Å²) in [4.78, 5) is 18.9. The molecule has 0 atom stereocenters. The van der Waals surface area contributed by atoms with Crippen molar-refractivity contribution in [3.8, 4) is 0 Å². The summed E-state index contributed by atoms with van der Waals surface area (Å²) >= 11 is 0. The molecule has 5 nitrogen and oxygen atoms in total. The highest BCUT2D eigenvalue weighted by atomic mass is 16.6. The molecule has 0 saturated heterocycles. The summed E-state index contributed by atoms with van der Waals surface area (Å²) in [6.45, 7) is 10.8. The van der Waals surface area contributed by atoms with Gasteiger partial charge in [-0.3, -0.25) is 9.98 Å². The Kier molecular flexibility index (Phi) is 6.07. The molecule has 90 valence electrons. The fourth-order valence-electron chi connectivity index (χ4n) is 0.780. The Morgan fingerprint density at radius 1 is 1.50 bits per heavy atom. The zero-order chi connectivity index (χ0) is 12.6. The Bertz CT molecular complexity index is 301. The predicted molar refractivity (Wildman–Crippen MR) is 66.0 cm³/mol. The van der Waals surface area contributed by atoms with E-state index in [2.05, 4.69) is 22.0 Å². The summed E-state index contributed by atoms with van der Waals surface area (Å²) in [5, 5.41) is 2.56. The number of carbonyl (C=O) groups excluding carboxylic acids is 1. The van der Waals surface area contributed by atoms with E-state index >= 15 is 0 Å². The second-order valence-corrected chi connectivity index (χ2v) is 4.04. The highest BCUT2D eigenvalue weighted by molar-refractivity contribution is 5.68. The van der Waals surface area contributed by atoms with Gasteiger partial charge in [0.05, 0.1) is 12.2 Å². The lowest BCUT2D eigenvalue weighted by atomic mass is 10.2. The first-order valence-electron chi connectivity index (χ1n) is 4.99. The normalized spacial score (nSPS) is 12.6. The number of nitrogens with zero attached hydrogens (tertiary/aromatic N) is 2. The lowest BCUT2D eigenvalue weighted by Gasteiger charge is -2.19. The van der Waals surface area contributed by atoms with Crippen LogP contribution in [0.4, 0.5) is 4.79 Å². The van der Waals surface area contributed by atoms with Crippen molar-refractivity contribution >= 4 is 19.0 Å². The van der Waals surface area contributed by atoms with Crippen molar-refractivity contribution in [2.75, 3.05) is 6.54 Å². The number of nitrogens with one attached hydrogen (secondary N) is 1. The zero-order valence-corrected chi connectivity index (χ0v) is 10.3. The van der Waals surface area contributed by atoms with Gasteiger partial charge in [-0.05, 0) is 34.4 Å². The highest BCUT2D eigenvalue weighted by Crippen LogP contribution is 2.06. The second kappa shape index (κ2) is 6.76. The molecule has 1 amide bonds. The van der Waals surface area contributed by atoms with Gasteiger partial charge in [0.15, 0.2) is 0 Å². The summed E-state index contributed by atoms with van der Waals surface area (Å²) in [7, 11) is 0. The van der Waals surface area contributed by atoms with Crippen LogP contribution in [0, 0.1) is 0 Å². The molecule has 0 aliphatic heterocycles. The Hall–Kier alpha value is -1.65. The van der Waals surface area contributed by atoms with Crippen LogP contribution >= 0.6 is 0 Å². The van der Waals surface area contributed by atoms with Crippen LogP contribution in [-0.4, -0.2) is 31.2 Å². The molecule has 0 aliphatic carbocycles. The Labute approximate surface area is 96.3 Å². The van der Waals surface area contributed by atoms with Crippen molar-refractivity contribution in [3.05, 3.63) is 11.9 Å². The summed E-state index contributed by atoms with van der Waals surface area (Å²) in [6, 6.07) is 0. The summed E-state index contributed by atoms with van der Waals surface area (Å²) in [5.74, 6) is 0. The molecule has 16 heavy (non-hydrogen) atoms. The molecule has 5 heteroatoms. The van der Waals surface area contributed by atoms with Crippen LogP contribution < -0.4 is 5.32 Å². The van der Waals surface area contributed by atoms with Crippen LogP contribution in [0.3, 0.4) is 0 Å². The van der Waals surface area contributed by atoms with Gasteiger partial charge in [-0.15, -0.1) is 0 Å². The third kappa shape index (κ3) is 7.73. The quantitative estimate of drug-likeness (QED) is 0.745. The fraction of sp³-hybridized carbons (Fsp3) is 0.545. The molecule has 0 aromatic rings. The Morgan fingerprint density at radius 2 is 2.12 bits per heavy atom. The number of rotatable bonds is 4. The van der Waals surface area contributed by atoms with E-state index in [1.54, 1.807) is 33.9 Å². The standard InChI is InChI=1S/C11H19N3O2/c1-6-13-7-9(12-5)8-14-10(15)16-11(2,3)4/h6-7H,5,8H2,1-4H3,(H,14,15)/b9-7-,13-6?. The smallest absolute Gasteiger partial charge is 0.407 e. The van der Waals surface area contributed by atoms with E-state index in [9.17, 15) is 4.79 Å². The van der Waals surface area contributed by atoms with Crippen molar-refractivity contribution in [1.29, 1.82) is 0 Å². The van der Waals surface area contributed by atoms with E-state index in [1.165, 1.54) is 6.20 Å². The molecule has 0 bridgehead atoms. The first-order valence-corrected chi connectivity index (χ1v) is 4.99. The van der Waals surface area contributed by atoms with Gasteiger partial charge in [-0.2, -0.15) is 0 Å². The molecule has 1 N–H and O–H groups in total. The lowest BCUT2D eigenvalue weighted by molar-refractivity contribution is 0.0532. The van der Waals surface area contributed by atoms with Gasteiger partial charge in [0, 0.05) is 12.4 Å². The molecule has 0 aliphatic rings. The van der Waals surface area contributed by atoms with Crippen LogP contribution in [0.2, 0.25) is 0 Å². The monoisotopic (exact) mass is 225 g/mol. The molecule has 0 unspecified atom stereocenters. The third-order valence-corrected chi connectivity index (χ3v) is 1.39. The van der Waals surface area contributed by atoms with Crippen molar-refractivity contribution < 1.29 is 9.53 Å². The molecule has 0 heterocycles.